The van der Waals surface area contributed by atoms with Crippen LogP contribution in [0.15, 0.2) is 18.2 Å². The molecule has 0 bridgehead atoms. The minimum atomic E-state index is -1.02. The first-order valence-corrected chi connectivity index (χ1v) is 8.66. The third-order valence-corrected chi connectivity index (χ3v) is 4.96. The number of halogens is 2. The van der Waals surface area contributed by atoms with Crippen molar-refractivity contribution in [2.75, 3.05) is 6.79 Å². The molecule has 1 atom stereocenters. The van der Waals surface area contributed by atoms with Gasteiger partial charge in [0.25, 0.3) is 5.91 Å². The molecule has 1 aromatic carbocycles. The van der Waals surface area contributed by atoms with Crippen LogP contribution in [0.2, 0.25) is 9.36 Å². The maximum absolute atomic E-state index is 12.1. The molecule has 0 radical (unpaired) electrons. The van der Waals surface area contributed by atoms with E-state index in [2.05, 4.69) is 9.69 Å². The highest BCUT2D eigenvalue weighted by atomic mass is 35.5. The average molecular weight is 403 g/mol. The third kappa shape index (κ3) is 3.97. The fraction of sp³-hybridized carbons (Fsp3) is 0.267. The molecule has 1 aliphatic rings. The van der Waals surface area contributed by atoms with Gasteiger partial charge in [-0.25, -0.2) is 4.79 Å². The molecule has 0 aliphatic carbocycles. The van der Waals surface area contributed by atoms with E-state index in [-0.39, 0.29) is 28.4 Å². The fourth-order valence-electron chi connectivity index (χ4n) is 2.04. The lowest BCUT2D eigenvalue weighted by molar-refractivity contribution is -0.129. The fourth-order valence-corrected chi connectivity index (χ4v) is 3.02. The van der Waals surface area contributed by atoms with Gasteiger partial charge in [-0.05, 0) is 36.2 Å². The van der Waals surface area contributed by atoms with Crippen LogP contribution in [0.3, 0.4) is 0 Å². The number of ether oxygens (including phenoxy) is 3. The Kier molecular flexibility index (Phi) is 5.31. The van der Waals surface area contributed by atoms with Gasteiger partial charge in [0, 0.05) is 6.54 Å². The van der Waals surface area contributed by atoms with E-state index in [0.29, 0.717) is 11.5 Å². The van der Waals surface area contributed by atoms with Crippen LogP contribution >= 0.6 is 34.7 Å². The molecule has 2 aromatic rings. The normalized spacial score (nSPS) is 13.4. The highest BCUT2D eigenvalue weighted by Crippen LogP contribution is 2.32. The number of amides is 1. The van der Waals surface area contributed by atoms with Gasteiger partial charge in [-0.2, -0.15) is 4.37 Å². The summed E-state index contributed by atoms with van der Waals surface area (Å²) in [6.45, 7) is 1.89. The number of esters is 1. The van der Waals surface area contributed by atoms with Gasteiger partial charge in [0.2, 0.25) is 6.79 Å². The van der Waals surface area contributed by atoms with Crippen molar-refractivity contribution in [1.29, 1.82) is 0 Å². The number of aromatic nitrogens is 1. The number of carbonyl (C=O) groups excluding carboxylic acids is 2. The summed E-state index contributed by atoms with van der Waals surface area (Å²) in [7, 11) is 0. The molecule has 0 fully saturated rings. The smallest absolute Gasteiger partial charge is 0.360 e. The van der Waals surface area contributed by atoms with Crippen LogP contribution in [0.4, 0.5) is 0 Å². The molecule has 0 unspecified atom stereocenters. The summed E-state index contributed by atoms with van der Waals surface area (Å²) in [4.78, 5) is 24.1. The monoisotopic (exact) mass is 402 g/mol. The van der Waals surface area contributed by atoms with E-state index in [0.717, 1.165) is 17.1 Å². The molecule has 2 heterocycles. The van der Waals surface area contributed by atoms with Gasteiger partial charge in [-0.1, -0.05) is 29.3 Å². The first kappa shape index (κ1) is 17.8. The molecule has 3 rings (SSSR count). The van der Waals surface area contributed by atoms with Crippen LogP contribution in [-0.2, 0) is 16.1 Å². The second kappa shape index (κ2) is 7.47. The van der Waals surface area contributed by atoms with Crippen molar-refractivity contribution < 1.29 is 23.8 Å². The van der Waals surface area contributed by atoms with E-state index in [4.69, 9.17) is 37.4 Å². The Hall–Kier alpha value is -2.03. The standard InChI is InChI=1S/C15H12Cl2N2O5S/c1-7(24-15(21)12-11(16)13(17)25-19-12)14(20)18-5-8-2-3-9-10(4-8)23-6-22-9/h2-4,7H,5-6H2,1H3,(H,18,20)/t7-/m1/s1. The predicted octanol–water partition coefficient (Wildman–Crippen LogP) is 3.04. The van der Waals surface area contributed by atoms with Crippen LogP contribution in [0.25, 0.3) is 0 Å². The van der Waals surface area contributed by atoms with Crippen molar-refractivity contribution in [3.63, 3.8) is 0 Å². The molecule has 10 heteroatoms. The van der Waals surface area contributed by atoms with E-state index in [1.165, 1.54) is 6.92 Å². The number of fused-ring (bicyclic) bond motifs is 1. The lowest BCUT2D eigenvalue weighted by atomic mass is 10.2. The second-order valence-electron chi connectivity index (χ2n) is 5.07. The number of nitrogens with zero attached hydrogens (tertiary/aromatic N) is 1. The summed E-state index contributed by atoms with van der Waals surface area (Å²) >= 11 is 12.5. The Balaban J connectivity index is 1.54. The number of hydrogen-bond donors (Lipinski definition) is 1. The van der Waals surface area contributed by atoms with Gasteiger partial charge in [0.15, 0.2) is 23.3 Å². The van der Waals surface area contributed by atoms with E-state index >= 15 is 0 Å². The molecule has 1 aliphatic heterocycles. The summed E-state index contributed by atoms with van der Waals surface area (Å²) in [5.41, 5.74) is 0.720. The molecule has 0 saturated heterocycles. The summed E-state index contributed by atoms with van der Waals surface area (Å²) in [5, 5.41) is 2.70. The Labute approximate surface area is 156 Å². The van der Waals surface area contributed by atoms with Crippen LogP contribution in [0.5, 0.6) is 11.5 Å². The summed E-state index contributed by atoms with van der Waals surface area (Å²) in [6, 6.07) is 5.35. The Bertz CT molecular complexity index is 826. The van der Waals surface area contributed by atoms with E-state index in [1.54, 1.807) is 12.1 Å². The van der Waals surface area contributed by atoms with E-state index < -0.39 is 18.0 Å². The maximum Gasteiger partial charge on any atom is 0.360 e. The van der Waals surface area contributed by atoms with Crippen molar-refractivity contribution in [2.45, 2.75) is 19.6 Å². The number of rotatable bonds is 5. The minimum absolute atomic E-state index is 0.0182. The molecule has 1 aromatic heterocycles. The zero-order chi connectivity index (χ0) is 18.0. The van der Waals surface area contributed by atoms with Crippen molar-refractivity contribution in [1.82, 2.24) is 9.69 Å². The first-order chi connectivity index (χ1) is 12.0. The summed E-state index contributed by atoms with van der Waals surface area (Å²) in [6.07, 6.45) is -1.02. The summed E-state index contributed by atoms with van der Waals surface area (Å²) in [5.74, 6) is 0.0276. The van der Waals surface area contributed by atoms with Gasteiger partial charge >= 0.3 is 5.97 Å². The molecule has 132 valence electrons. The Morgan fingerprint density at radius 3 is 2.84 bits per heavy atom. The lowest BCUT2D eigenvalue weighted by Crippen LogP contribution is -2.35. The zero-order valence-corrected chi connectivity index (χ0v) is 15.2. The van der Waals surface area contributed by atoms with Crippen molar-refractivity contribution in [2.24, 2.45) is 0 Å². The van der Waals surface area contributed by atoms with Gasteiger partial charge in [-0.15, -0.1) is 0 Å². The third-order valence-electron chi connectivity index (χ3n) is 3.35. The van der Waals surface area contributed by atoms with Crippen molar-refractivity contribution in [3.05, 3.63) is 38.8 Å². The van der Waals surface area contributed by atoms with Crippen LogP contribution in [0, 0.1) is 0 Å². The molecular formula is C15H12Cl2N2O5S. The lowest BCUT2D eigenvalue weighted by Gasteiger charge is -2.13. The highest BCUT2D eigenvalue weighted by Gasteiger charge is 2.24. The minimum Gasteiger partial charge on any atom is -0.454 e. The zero-order valence-electron chi connectivity index (χ0n) is 12.9. The molecule has 7 nitrogen and oxygen atoms in total. The van der Waals surface area contributed by atoms with Gasteiger partial charge in [-0.3, -0.25) is 4.79 Å². The predicted molar refractivity (Wildman–Crippen MR) is 91.4 cm³/mol. The van der Waals surface area contributed by atoms with Gasteiger partial charge in [0.1, 0.15) is 9.36 Å². The molecular weight excluding hydrogens is 391 g/mol. The average Bonchev–Trinajstić information content (AvgIpc) is 3.19. The molecule has 1 N–H and O–H groups in total. The number of carbonyl (C=O) groups is 2. The largest absolute Gasteiger partial charge is 0.454 e. The SMILES string of the molecule is C[C@@H](OC(=O)c1nsc(Cl)c1Cl)C(=O)NCc1ccc2c(c1)OCO2. The van der Waals surface area contributed by atoms with Crippen molar-refractivity contribution in [3.8, 4) is 11.5 Å². The highest BCUT2D eigenvalue weighted by molar-refractivity contribution is 7.11. The van der Waals surface area contributed by atoms with E-state index in [1.807, 2.05) is 6.07 Å². The van der Waals surface area contributed by atoms with Crippen molar-refractivity contribution >= 4 is 46.6 Å². The molecule has 0 saturated carbocycles. The maximum atomic E-state index is 12.1. The second-order valence-corrected chi connectivity index (χ2v) is 6.83. The van der Waals surface area contributed by atoms with Gasteiger partial charge < -0.3 is 19.5 Å². The molecule has 0 spiro atoms. The Morgan fingerprint density at radius 2 is 2.12 bits per heavy atom. The van der Waals surface area contributed by atoms with Gasteiger partial charge in [0.05, 0.1) is 0 Å². The quantitative estimate of drug-likeness (QED) is 0.773. The molecule has 1 amide bonds. The van der Waals surface area contributed by atoms with E-state index in [9.17, 15) is 9.59 Å². The Morgan fingerprint density at radius 1 is 1.36 bits per heavy atom. The number of benzene rings is 1. The topological polar surface area (TPSA) is 86.8 Å². The molecule has 25 heavy (non-hydrogen) atoms. The number of hydrogen-bond acceptors (Lipinski definition) is 7. The number of nitrogens with one attached hydrogen (secondary N) is 1. The van der Waals surface area contributed by atoms with Crippen LogP contribution < -0.4 is 14.8 Å². The first-order valence-electron chi connectivity index (χ1n) is 7.13. The summed E-state index contributed by atoms with van der Waals surface area (Å²) < 4.78 is 19.5. The van der Waals surface area contributed by atoms with Crippen LogP contribution in [-0.4, -0.2) is 29.1 Å². The van der Waals surface area contributed by atoms with Crippen LogP contribution in [0.1, 0.15) is 23.0 Å².